The number of carbonyl (C=O) groups excluding carboxylic acids is 1. The van der Waals surface area contributed by atoms with E-state index in [1.807, 2.05) is 6.92 Å². The first-order chi connectivity index (χ1) is 11.4. The number of carbonyl (C=O) groups is 1. The molecule has 1 amide bonds. The van der Waals surface area contributed by atoms with Crippen LogP contribution in [0.25, 0.3) is 11.1 Å². The van der Waals surface area contributed by atoms with E-state index < -0.39 is 17.7 Å². The number of nitrogens with zero attached hydrogens (tertiary/aromatic N) is 2. The van der Waals surface area contributed by atoms with Crippen LogP contribution in [0.3, 0.4) is 0 Å². The van der Waals surface area contributed by atoms with Crippen molar-refractivity contribution in [3.05, 3.63) is 47.3 Å². The Hall–Kier alpha value is -2.34. The van der Waals surface area contributed by atoms with Crippen molar-refractivity contribution in [3.63, 3.8) is 0 Å². The molecule has 1 aromatic carbocycles. The number of aliphatic hydroxyl groups is 1. The molecule has 6 heteroatoms. The van der Waals surface area contributed by atoms with Gasteiger partial charge in [0.2, 0.25) is 5.91 Å². The number of pyridine rings is 1. The molecule has 0 saturated heterocycles. The van der Waals surface area contributed by atoms with E-state index >= 15 is 0 Å². The minimum atomic E-state index is -0.638. The lowest BCUT2D eigenvalue weighted by Crippen LogP contribution is -2.34. The van der Waals surface area contributed by atoms with Crippen LogP contribution in [0.1, 0.15) is 24.6 Å². The average Bonchev–Trinajstić information content (AvgIpc) is 2.88. The quantitative estimate of drug-likeness (QED) is 0.936. The van der Waals surface area contributed by atoms with Gasteiger partial charge in [-0.3, -0.25) is 9.78 Å². The number of aliphatic hydroxyl groups excluding tert-OH is 1. The Morgan fingerprint density at radius 3 is 2.83 bits per heavy atom. The zero-order valence-electron chi connectivity index (χ0n) is 13.5. The van der Waals surface area contributed by atoms with Gasteiger partial charge >= 0.3 is 0 Å². The molecule has 0 radical (unpaired) electrons. The van der Waals surface area contributed by atoms with Gasteiger partial charge in [0.05, 0.1) is 30.5 Å². The zero-order valence-corrected chi connectivity index (χ0v) is 13.5. The van der Waals surface area contributed by atoms with Gasteiger partial charge in [0.25, 0.3) is 0 Å². The van der Waals surface area contributed by atoms with Crippen LogP contribution in [0.5, 0.6) is 0 Å². The second-order valence-electron chi connectivity index (χ2n) is 5.97. The van der Waals surface area contributed by atoms with Gasteiger partial charge in [-0.1, -0.05) is 6.92 Å². The van der Waals surface area contributed by atoms with Crippen LogP contribution >= 0.6 is 0 Å². The first-order valence-electron chi connectivity index (χ1n) is 7.84. The maximum absolute atomic E-state index is 14.4. The number of halogens is 2. The highest BCUT2D eigenvalue weighted by atomic mass is 19.1. The molecule has 126 valence electrons. The summed E-state index contributed by atoms with van der Waals surface area (Å²) in [6, 6.07) is 4.25. The summed E-state index contributed by atoms with van der Waals surface area (Å²) in [6.45, 7) is 3.39. The van der Waals surface area contributed by atoms with Gasteiger partial charge in [0.15, 0.2) is 0 Å². The summed E-state index contributed by atoms with van der Waals surface area (Å²) in [5.41, 5.74) is 1.83. The van der Waals surface area contributed by atoms with Gasteiger partial charge in [-0.2, -0.15) is 0 Å². The lowest BCUT2D eigenvalue weighted by atomic mass is 10.0. The number of aromatic nitrogens is 1. The molecule has 3 rings (SSSR count). The van der Waals surface area contributed by atoms with Crippen molar-refractivity contribution < 1.29 is 18.7 Å². The Kier molecular flexibility index (Phi) is 4.32. The third-order valence-electron chi connectivity index (χ3n) is 4.35. The molecule has 0 spiro atoms. The molecule has 1 aliphatic heterocycles. The standard InChI is InChI=1S/C18H18F2N2O2/c1-3-12(23)9-22-16-6-11(8-21-15(16)7-17(22)24)13-4-5-14(19)10(2)18(13)20/h4-6,8,12,23H,3,7,9H2,1-2H3. The minimum Gasteiger partial charge on any atom is -0.391 e. The van der Waals surface area contributed by atoms with Crippen molar-refractivity contribution in [1.82, 2.24) is 4.98 Å². The van der Waals surface area contributed by atoms with Crippen molar-refractivity contribution >= 4 is 11.6 Å². The van der Waals surface area contributed by atoms with Crippen LogP contribution < -0.4 is 4.90 Å². The van der Waals surface area contributed by atoms with Crippen molar-refractivity contribution in [1.29, 1.82) is 0 Å². The predicted octanol–water partition coefficient (Wildman–Crippen LogP) is 3.00. The SMILES string of the molecule is CCC(O)CN1C(=O)Cc2ncc(-c3ccc(F)c(C)c3F)cc21. The van der Waals surface area contributed by atoms with E-state index in [-0.39, 0.29) is 30.0 Å². The van der Waals surface area contributed by atoms with Gasteiger partial charge in [0.1, 0.15) is 11.6 Å². The van der Waals surface area contributed by atoms with Gasteiger partial charge in [-0.05, 0) is 31.5 Å². The normalized spacial score (nSPS) is 14.9. The van der Waals surface area contributed by atoms with Crippen LogP contribution in [0.2, 0.25) is 0 Å². The highest BCUT2D eigenvalue weighted by molar-refractivity contribution is 6.01. The zero-order chi connectivity index (χ0) is 17.4. The Morgan fingerprint density at radius 1 is 1.38 bits per heavy atom. The smallest absolute Gasteiger partial charge is 0.233 e. The van der Waals surface area contributed by atoms with Crippen LogP contribution in [0, 0.1) is 18.6 Å². The van der Waals surface area contributed by atoms with Crippen LogP contribution in [-0.2, 0) is 11.2 Å². The van der Waals surface area contributed by atoms with Crippen LogP contribution in [0.15, 0.2) is 24.4 Å². The molecule has 0 fully saturated rings. The maximum atomic E-state index is 14.4. The Labute approximate surface area is 138 Å². The first kappa shape index (κ1) is 16.5. The topological polar surface area (TPSA) is 53.4 Å². The fourth-order valence-electron chi connectivity index (χ4n) is 2.80. The van der Waals surface area contributed by atoms with E-state index in [9.17, 15) is 18.7 Å². The molecular formula is C18H18F2N2O2. The van der Waals surface area contributed by atoms with E-state index in [4.69, 9.17) is 0 Å². The maximum Gasteiger partial charge on any atom is 0.233 e. The van der Waals surface area contributed by atoms with Gasteiger partial charge in [0, 0.05) is 22.9 Å². The predicted molar refractivity (Wildman–Crippen MR) is 86.7 cm³/mol. The highest BCUT2D eigenvalue weighted by Gasteiger charge is 2.30. The number of hydrogen-bond acceptors (Lipinski definition) is 3. The Bertz CT molecular complexity index is 808. The highest BCUT2D eigenvalue weighted by Crippen LogP contribution is 2.33. The Morgan fingerprint density at radius 2 is 2.12 bits per heavy atom. The summed E-state index contributed by atoms with van der Waals surface area (Å²) in [6.07, 6.45) is 1.55. The molecule has 1 N–H and O–H groups in total. The molecule has 0 aliphatic carbocycles. The number of β-amino-alcohol motifs (C(OH)–C–C–N with tert-alkyl or cyclic N) is 1. The summed E-state index contributed by atoms with van der Waals surface area (Å²) in [5.74, 6) is -1.38. The molecule has 1 unspecified atom stereocenters. The number of benzene rings is 1. The van der Waals surface area contributed by atoms with Gasteiger partial charge in [-0.15, -0.1) is 0 Å². The van der Waals surface area contributed by atoms with Crippen LogP contribution in [0.4, 0.5) is 14.5 Å². The van der Waals surface area contributed by atoms with E-state index in [0.717, 1.165) is 0 Å². The Balaban J connectivity index is 2.03. The summed E-state index contributed by atoms with van der Waals surface area (Å²) in [4.78, 5) is 17.9. The number of anilines is 1. The molecule has 2 heterocycles. The molecule has 1 atom stereocenters. The second-order valence-corrected chi connectivity index (χ2v) is 5.97. The summed E-state index contributed by atoms with van der Waals surface area (Å²) >= 11 is 0. The molecule has 0 bridgehead atoms. The largest absolute Gasteiger partial charge is 0.391 e. The number of amides is 1. The van der Waals surface area contributed by atoms with Crippen LogP contribution in [-0.4, -0.2) is 28.6 Å². The van der Waals surface area contributed by atoms with E-state index in [0.29, 0.717) is 23.4 Å². The lowest BCUT2D eigenvalue weighted by Gasteiger charge is -2.20. The molecule has 2 aromatic rings. The van der Waals surface area contributed by atoms with E-state index in [1.54, 1.807) is 6.07 Å². The van der Waals surface area contributed by atoms with Crippen molar-refractivity contribution in [2.24, 2.45) is 0 Å². The third kappa shape index (κ3) is 2.78. The fraction of sp³-hybridized carbons (Fsp3) is 0.333. The van der Waals surface area contributed by atoms with Gasteiger partial charge < -0.3 is 10.0 Å². The third-order valence-corrected chi connectivity index (χ3v) is 4.35. The molecule has 1 aliphatic rings. The number of hydrogen-bond donors (Lipinski definition) is 1. The molecule has 4 nitrogen and oxygen atoms in total. The van der Waals surface area contributed by atoms with Crippen molar-refractivity contribution in [2.45, 2.75) is 32.8 Å². The number of rotatable bonds is 4. The van der Waals surface area contributed by atoms with Gasteiger partial charge in [-0.25, -0.2) is 8.78 Å². The summed E-state index contributed by atoms with van der Waals surface area (Å²) < 4.78 is 27.8. The van der Waals surface area contributed by atoms with E-state index in [1.165, 1.54) is 30.2 Å². The summed E-state index contributed by atoms with van der Waals surface area (Å²) in [7, 11) is 0. The second kappa shape index (κ2) is 6.28. The monoisotopic (exact) mass is 332 g/mol. The van der Waals surface area contributed by atoms with Crippen molar-refractivity contribution in [3.8, 4) is 11.1 Å². The lowest BCUT2D eigenvalue weighted by molar-refractivity contribution is -0.117. The van der Waals surface area contributed by atoms with Crippen molar-refractivity contribution in [2.75, 3.05) is 11.4 Å². The fourth-order valence-corrected chi connectivity index (χ4v) is 2.80. The molecule has 1 aromatic heterocycles. The first-order valence-corrected chi connectivity index (χ1v) is 7.84. The minimum absolute atomic E-state index is 0.0534. The molecule has 0 saturated carbocycles. The molecular weight excluding hydrogens is 314 g/mol. The molecule has 24 heavy (non-hydrogen) atoms. The van der Waals surface area contributed by atoms with E-state index in [2.05, 4.69) is 4.98 Å². The summed E-state index contributed by atoms with van der Waals surface area (Å²) in [5, 5.41) is 9.84. The average molecular weight is 332 g/mol. The number of fused-ring (bicyclic) bond motifs is 1.